The van der Waals surface area contributed by atoms with Crippen molar-refractivity contribution in [3.63, 3.8) is 0 Å². The number of nitrogens with one attached hydrogen (secondary N) is 1. The van der Waals surface area contributed by atoms with Crippen LogP contribution in [0.5, 0.6) is 0 Å². The van der Waals surface area contributed by atoms with Gasteiger partial charge in [-0.15, -0.1) is 0 Å². The van der Waals surface area contributed by atoms with Gasteiger partial charge in [0.25, 0.3) is 0 Å². The van der Waals surface area contributed by atoms with Crippen LogP contribution < -0.4 is 5.32 Å². The summed E-state index contributed by atoms with van der Waals surface area (Å²) in [5.41, 5.74) is 0.845. The molecule has 2 aromatic carbocycles. The Kier molecular flexibility index (Phi) is 5.66. The van der Waals surface area contributed by atoms with Gasteiger partial charge >= 0.3 is 5.97 Å². The highest BCUT2D eigenvalue weighted by molar-refractivity contribution is 5.87. The lowest BCUT2D eigenvalue weighted by Gasteiger charge is -2.20. The third-order valence-corrected chi connectivity index (χ3v) is 4.72. The smallest absolute Gasteiger partial charge is 0.305 e. The summed E-state index contributed by atoms with van der Waals surface area (Å²) in [6.07, 6.45) is 2.04. The molecule has 1 fully saturated rings. The molecule has 132 valence electrons. The zero-order valence-electron chi connectivity index (χ0n) is 14.1. The highest BCUT2D eigenvalue weighted by Crippen LogP contribution is 2.27. The lowest BCUT2D eigenvalue weighted by atomic mass is 9.96. The highest BCUT2D eigenvalue weighted by atomic mass is 16.5. The molecule has 0 aliphatic carbocycles. The first-order valence-electron chi connectivity index (χ1n) is 8.70. The highest BCUT2D eigenvalue weighted by Gasteiger charge is 2.21. The number of carboxylic acids is 1. The maximum atomic E-state index is 12.4. The van der Waals surface area contributed by atoms with Crippen molar-refractivity contribution in [2.24, 2.45) is 5.92 Å². The molecular weight excluding hydrogens is 318 g/mol. The van der Waals surface area contributed by atoms with Gasteiger partial charge in [-0.3, -0.25) is 9.59 Å². The van der Waals surface area contributed by atoms with Gasteiger partial charge in [0.2, 0.25) is 5.91 Å². The van der Waals surface area contributed by atoms with Crippen LogP contribution in [0.3, 0.4) is 0 Å². The van der Waals surface area contributed by atoms with Gasteiger partial charge in [-0.05, 0) is 35.1 Å². The van der Waals surface area contributed by atoms with E-state index in [1.54, 1.807) is 0 Å². The fourth-order valence-corrected chi connectivity index (χ4v) is 3.38. The lowest BCUT2D eigenvalue weighted by molar-refractivity contribution is -0.137. The molecular formula is C20H23NO4. The fraction of sp³-hybridized carbons (Fsp3) is 0.400. The van der Waals surface area contributed by atoms with Gasteiger partial charge in [0.05, 0.1) is 12.5 Å². The van der Waals surface area contributed by atoms with E-state index in [9.17, 15) is 14.7 Å². The Labute approximate surface area is 147 Å². The molecule has 0 saturated carbocycles. The number of hydrogen-bond donors (Lipinski definition) is 2. The van der Waals surface area contributed by atoms with Gasteiger partial charge in [0, 0.05) is 19.6 Å². The number of carbonyl (C=O) groups excluding carboxylic acids is 1. The Morgan fingerprint density at radius 2 is 2.00 bits per heavy atom. The molecule has 1 amide bonds. The van der Waals surface area contributed by atoms with Crippen molar-refractivity contribution in [2.75, 3.05) is 13.2 Å². The molecule has 1 heterocycles. The van der Waals surface area contributed by atoms with E-state index in [-0.39, 0.29) is 12.3 Å². The quantitative estimate of drug-likeness (QED) is 0.810. The fourth-order valence-electron chi connectivity index (χ4n) is 3.38. The van der Waals surface area contributed by atoms with Crippen molar-refractivity contribution in [1.82, 2.24) is 5.32 Å². The van der Waals surface area contributed by atoms with Gasteiger partial charge in [0.15, 0.2) is 0 Å². The lowest BCUT2D eigenvalue weighted by Crippen LogP contribution is -2.30. The van der Waals surface area contributed by atoms with E-state index in [1.807, 2.05) is 42.5 Å². The second kappa shape index (κ2) is 8.12. The third kappa shape index (κ3) is 4.57. The molecule has 2 atom stereocenters. The number of rotatable bonds is 7. The van der Waals surface area contributed by atoms with Crippen LogP contribution in [0.4, 0.5) is 0 Å². The molecule has 1 saturated heterocycles. The maximum absolute atomic E-state index is 12.4. The van der Waals surface area contributed by atoms with Crippen molar-refractivity contribution < 1.29 is 19.4 Å². The van der Waals surface area contributed by atoms with E-state index in [4.69, 9.17) is 4.74 Å². The van der Waals surface area contributed by atoms with Crippen LogP contribution in [-0.2, 0) is 14.3 Å². The summed E-state index contributed by atoms with van der Waals surface area (Å²) in [5, 5.41) is 14.2. The first-order valence-corrected chi connectivity index (χ1v) is 8.70. The number of hydrogen-bond acceptors (Lipinski definition) is 3. The van der Waals surface area contributed by atoms with Gasteiger partial charge in [-0.2, -0.15) is 0 Å². The second-order valence-corrected chi connectivity index (χ2v) is 6.55. The minimum absolute atomic E-state index is 0.105. The molecule has 3 rings (SSSR count). The molecule has 1 aliphatic rings. The van der Waals surface area contributed by atoms with Crippen LogP contribution in [0.15, 0.2) is 42.5 Å². The normalized spacial score (nSPS) is 18.2. The first kappa shape index (κ1) is 17.4. The van der Waals surface area contributed by atoms with E-state index in [1.165, 1.54) is 0 Å². The average Bonchev–Trinajstić information content (AvgIpc) is 3.12. The molecule has 5 nitrogen and oxygen atoms in total. The molecule has 0 bridgehead atoms. The number of carbonyl (C=O) groups is 2. The number of benzene rings is 2. The second-order valence-electron chi connectivity index (χ2n) is 6.55. The van der Waals surface area contributed by atoms with E-state index in [0.717, 1.165) is 42.4 Å². The summed E-state index contributed by atoms with van der Waals surface area (Å²) in [6.45, 7) is 1.49. The Morgan fingerprint density at radius 1 is 1.20 bits per heavy atom. The summed E-state index contributed by atoms with van der Waals surface area (Å²) in [6, 6.07) is 13.1. The summed E-state index contributed by atoms with van der Waals surface area (Å²) in [7, 11) is 0. The molecule has 1 aliphatic heterocycles. The molecule has 0 spiro atoms. The molecule has 5 heteroatoms. The Bertz CT molecular complexity index is 747. The van der Waals surface area contributed by atoms with Gasteiger partial charge in [-0.25, -0.2) is 0 Å². The monoisotopic (exact) mass is 341 g/mol. The van der Waals surface area contributed by atoms with E-state index < -0.39 is 12.0 Å². The average molecular weight is 341 g/mol. The predicted octanol–water partition coefficient (Wildman–Crippen LogP) is 3.29. The maximum Gasteiger partial charge on any atom is 0.305 e. The number of carboxylic acid groups (broad SMARTS) is 1. The number of fused-ring (bicyclic) bond motifs is 1. The molecule has 0 radical (unpaired) electrons. The minimum Gasteiger partial charge on any atom is -0.481 e. The van der Waals surface area contributed by atoms with Crippen molar-refractivity contribution in [3.05, 3.63) is 48.0 Å². The number of aliphatic carboxylic acids is 1. The Morgan fingerprint density at radius 3 is 2.76 bits per heavy atom. The topological polar surface area (TPSA) is 75.6 Å². The summed E-state index contributed by atoms with van der Waals surface area (Å²) >= 11 is 0. The van der Waals surface area contributed by atoms with Crippen LogP contribution in [0, 0.1) is 5.92 Å². The van der Waals surface area contributed by atoms with Crippen LogP contribution in [0.25, 0.3) is 10.8 Å². The summed E-state index contributed by atoms with van der Waals surface area (Å²) in [5.74, 6) is -0.602. The largest absolute Gasteiger partial charge is 0.481 e. The van der Waals surface area contributed by atoms with E-state index in [2.05, 4.69) is 5.32 Å². The zero-order valence-corrected chi connectivity index (χ0v) is 14.1. The van der Waals surface area contributed by atoms with Crippen molar-refractivity contribution in [3.8, 4) is 0 Å². The van der Waals surface area contributed by atoms with Gasteiger partial charge in [0.1, 0.15) is 0 Å². The van der Waals surface area contributed by atoms with Gasteiger partial charge < -0.3 is 15.2 Å². The summed E-state index contributed by atoms with van der Waals surface area (Å²) < 4.78 is 5.33. The molecule has 2 aromatic rings. The first-order chi connectivity index (χ1) is 12.1. The van der Waals surface area contributed by atoms with Crippen LogP contribution >= 0.6 is 0 Å². The third-order valence-electron chi connectivity index (χ3n) is 4.72. The summed E-state index contributed by atoms with van der Waals surface area (Å²) in [4.78, 5) is 23.7. The minimum atomic E-state index is -0.928. The van der Waals surface area contributed by atoms with Crippen LogP contribution in [0.2, 0.25) is 0 Å². The van der Waals surface area contributed by atoms with E-state index in [0.29, 0.717) is 12.3 Å². The Balaban J connectivity index is 1.74. The van der Waals surface area contributed by atoms with Crippen molar-refractivity contribution in [2.45, 2.75) is 31.7 Å². The molecule has 0 aromatic heterocycles. The SMILES string of the molecule is O=C(O)C[C@@H](NC(=O)CCC1CCOC1)c1cccc2ccccc12. The van der Waals surface area contributed by atoms with Crippen molar-refractivity contribution in [1.29, 1.82) is 0 Å². The van der Waals surface area contributed by atoms with Crippen LogP contribution in [-0.4, -0.2) is 30.2 Å². The molecule has 25 heavy (non-hydrogen) atoms. The number of ether oxygens (including phenoxy) is 1. The van der Waals surface area contributed by atoms with E-state index >= 15 is 0 Å². The number of amides is 1. The standard InChI is InChI=1S/C20H23NO4/c22-19(9-8-14-10-11-25-13-14)21-18(12-20(23)24)17-7-3-5-15-4-1-2-6-16(15)17/h1-7,14,18H,8-13H2,(H,21,22)(H,23,24)/t14?,18-/m1/s1. The molecule has 2 N–H and O–H groups in total. The van der Waals surface area contributed by atoms with Crippen LogP contribution in [0.1, 0.15) is 37.3 Å². The van der Waals surface area contributed by atoms with Gasteiger partial charge in [-0.1, -0.05) is 42.5 Å². The predicted molar refractivity (Wildman–Crippen MR) is 95.2 cm³/mol. The molecule has 1 unspecified atom stereocenters. The Hall–Kier alpha value is -2.40. The zero-order chi connectivity index (χ0) is 17.6. The van der Waals surface area contributed by atoms with Crippen molar-refractivity contribution >= 4 is 22.6 Å².